The van der Waals surface area contributed by atoms with Gasteiger partial charge < -0.3 is 9.90 Å². The smallest absolute Gasteiger partial charge is 0.303 e. The van der Waals surface area contributed by atoms with Crippen molar-refractivity contribution in [1.82, 2.24) is 0 Å². The molecule has 0 aromatic heterocycles. The van der Waals surface area contributed by atoms with Gasteiger partial charge in [-0.05, 0) is 25.2 Å². The highest BCUT2D eigenvalue weighted by atomic mass is 16.4. The average molecular weight is 186 g/mol. The molecule has 1 N–H and O–H groups in total. The van der Waals surface area contributed by atoms with Crippen LogP contribution in [0.3, 0.4) is 0 Å². The molecule has 0 fully saturated rings. The lowest BCUT2D eigenvalue weighted by molar-refractivity contribution is -0.138. The largest absolute Gasteiger partial charge is 0.481 e. The number of ketones is 1. The van der Waals surface area contributed by atoms with Crippen molar-refractivity contribution in [2.75, 3.05) is 0 Å². The van der Waals surface area contributed by atoms with Crippen LogP contribution >= 0.6 is 0 Å². The Hall–Kier alpha value is -0.860. The van der Waals surface area contributed by atoms with Gasteiger partial charge in [-0.25, -0.2) is 0 Å². The molecule has 0 amide bonds. The first-order chi connectivity index (χ1) is 5.93. The van der Waals surface area contributed by atoms with Crippen molar-refractivity contribution in [3.63, 3.8) is 0 Å². The van der Waals surface area contributed by atoms with Crippen LogP contribution in [0.4, 0.5) is 0 Å². The molecule has 3 nitrogen and oxygen atoms in total. The third-order valence-electron chi connectivity index (χ3n) is 2.25. The summed E-state index contributed by atoms with van der Waals surface area (Å²) in [6.07, 6.45) is 1.36. The number of carbonyl (C=O) groups excluding carboxylic acids is 1. The quantitative estimate of drug-likeness (QED) is 0.691. The van der Waals surface area contributed by atoms with Crippen LogP contribution in [0.5, 0.6) is 0 Å². The predicted molar refractivity (Wildman–Crippen MR) is 50.5 cm³/mol. The number of aliphatic carboxylic acids is 1. The lowest BCUT2D eigenvalue weighted by Gasteiger charge is -2.17. The molecule has 0 aliphatic rings. The van der Waals surface area contributed by atoms with Gasteiger partial charge in [0.25, 0.3) is 0 Å². The maximum Gasteiger partial charge on any atom is 0.303 e. The van der Waals surface area contributed by atoms with Crippen molar-refractivity contribution >= 4 is 11.8 Å². The zero-order valence-corrected chi connectivity index (χ0v) is 8.54. The van der Waals surface area contributed by atoms with Crippen LogP contribution in [-0.4, -0.2) is 16.9 Å². The SMILES string of the molecule is CC(=O)CC[C@@H](CC(=O)O)C(C)C. The van der Waals surface area contributed by atoms with Gasteiger partial charge in [0, 0.05) is 12.8 Å². The highest BCUT2D eigenvalue weighted by Gasteiger charge is 2.17. The minimum Gasteiger partial charge on any atom is -0.481 e. The van der Waals surface area contributed by atoms with Gasteiger partial charge in [-0.2, -0.15) is 0 Å². The second kappa shape index (κ2) is 5.73. The molecule has 3 heteroatoms. The molecule has 0 unspecified atom stereocenters. The highest BCUT2D eigenvalue weighted by Crippen LogP contribution is 2.20. The van der Waals surface area contributed by atoms with Gasteiger partial charge in [-0.1, -0.05) is 13.8 Å². The number of carbonyl (C=O) groups is 2. The molecular weight excluding hydrogens is 168 g/mol. The van der Waals surface area contributed by atoms with Crippen LogP contribution in [0.1, 0.15) is 40.0 Å². The van der Waals surface area contributed by atoms with E-state index in [0.29, 0.717) is 18.8 Å². The van der Waals surface area contributed by atoms with Crippen molar-refractivity contribution < 1.29 is 14.7 Å². The van der Waals surface area contributed by atoms with Crippen LogP contribution in [0.15, 0.2) is 0 Å². The summed E-state index contributed by atoms with van der Waals surface area (Å²) in [5, 5.41) is 8.61. The number of carboxylic acid groups (broad SMARTS) is 1. The van der Waals surface area contributed by atoms with Crippen molar-refractivity contribution in [1.29, 1.82) is 0 Å². The maximum absolute atomic E-state index is 10.7. The van der Waals surface area contributed by atoms with Crippen LogP contribution in [0, 0.1) is 11.8 Å². The van der Waals surface area contributed by atoms with E-state index < -0.39 is 5.97 Å². The summed E-state index contributed by atoms with van der Waals surface area (Å²) in [6, 6.07) is 0. The van der Waals surface area contributed by atoms with E-state index in [1.165, 1.54) is 6.92 Å². The van der Waals surface area contributed by atoms with Crippen LogP contribution < -0.4 is 0 Å². The molecule has 0 bridgehead atoms. The highest BCUT2D eigenvalue weighted by molar-refractivity contribution is 5.75. The molecule has 0 heterocycles. The van der Waals surface area contributed by atoms with Crippen molar-refractivity contribution in [2.45, 2.75) is 40.0 Å². The molecule has 0 rings (SSSR count). The predicted octanol–water partition coefficient (Wildman–Crippen LogP) is 2.10. The fourth-order valence-electron chi connectivity index (χ4n) is 1.28. The Labute approximate surface area is 79.1 Å². The standard InChI is InChI=1S/C10H18O3/c1-7(2)9(6-10(12)13)5-4-8(3)11/h7,9H,4-6H2,1-3H3,(H,12,13)/t9-/m0/s1. The molecule has 0 aromatic carbocycles. The van der Waals surface area contributed by atoms with Gasteiger partial charge >= 0.3 is 5.97 Å². The van der Waals surface area contributed by atoms with Gasteiger partial charge in [0.05, 0.1) is 0 Å². The zero-order valence-electron chi connectivity index (χ0n) is 8.54. The summed E-state index contributed by atoms with van der Waals surface area (Å²) in [5.74, 6) is -0.185. The van der Waals surface area contributed by atoms with E-state index >= 15 is 0 Å². The molecule has 13 heavy (non-hydrogen) atoms. The van der Waals surface area contributed by atoms with E-state index in [4.69, 9.17) is 5.11 Å². The third kappa shape index (κ3) is 6.31. The first kappa shape index (κ1) is 12.1. The normalized spacial score (nSPS) is 12.9. The molecule has 0 aliphatic carbocycles. The second-order valence-electron chi connectivity index (χ2n) is 3.84. The molecule has 0 aliphatic heterocycles. The summed E-state index contributed by atoms with van der Waals surface area (Å²) in [4.78, 5) is 21.2. The fraction of sp³-hybridized carbons (Fsp3) is 0.800. The van der Waals surface area contributed by atoms with Gasteiger partial charge in [0.2, 0.25) is 0 Å². The first-order valence-electron chi connectivity index (χ1n) is 4.64. The maximum atomic E-state index is 10.7. The van der Waals surface area contributed by atoms with Gasteiger partial charge in [0.15, 0.2) is 0 Å². The Morgan fingerprint density at radius 1 is 1.31 bits per heavy atom. The van der Waals surface area contributed by atoms with Crippen molar-refractivity contribution in [2.24, 2.45) is 11.8 Å². The van der Waals surface area contributed by atoms with Crippen LogP contribution in [-0.2, 0) is 9.59 Å². The number of rotatable bonds is 6. The number of Topliss-reactive ketones (excluding diaryl/α,β-unsaturated/α-hetero) is 1. The molecule has 0 radical (unpaired) electrons. The monoisotopic (exact) mass is 186 g/mol. The van der Waals surface area contributed by atoms with E-state index in [9.17, 15) is 9.59 Å². The third-order valence-corrected chi connectivity index (χ3v) is 2.25. The summed E-state index contributed by atoms with van der Waals surface area (Å²) in [6.45, 7) is 5.53. The molecule has 0 spiro atoms. The number of carboxylic acids is 1. The second-order valence-corrected chi connectivity index (χ2v) is 3.84. The lowest BCUT2D eigenvalue weighted by Crippen LogP contribution is -2.14. The fourth-order valence-corrected chi connectivity index (χ4v) is 1.28. The lowest BCUT2D eigenvalue weighted by atomic mass is 9.88. The van der Waals surface area contributed by atoms with E-state index in [1.807, 2.05) is 13.8 Å². The Morgan fingerprint density at radius 3 is 2.15 bits per heavy atom. The van der Waals surface area contributed by atoms with E-state index in [2.05, 4.69) is 0 Å². The van der Waals surface area contributed by atoms with E-state index in [0.717, 1.165) is 0 Å². The molecular formula is C10H18O3. The summed E-state index contributed by atoms with van der Waals surface area (Å²) >= 11 is 0. The van der Waals surface area contributed by atoms with Crippen molar-refractivity contribution in [3.8, 4) is 0 Å². The summed E-state index contributed by atoms with van der Waals surface area (Å²) < 4.78 is 0. The average Bonchev–Trinajstić information content (AvgIpc) is 1.96. The molecule has 0 saturated heterocycles. The van der Waals surface area contributed by atoms with Crippen molar-refractivity contribution in [3.05, 3.63) is 0 Å². The molecule has 0 saturated carbocycles. The summed E-state index contributed by atoms with van der Waals surface area (Å²) in [5.41, 5.74) is 0. The van der Waals surface area contributed by atoms with E-state index in [-0.39, 0.29) is 18.1 Å². The molecule has 1 atom stereocenters. The molecule has 0 aromatic rings. The first-order valence-corrected chi connectivity index (χ1v) is 4.64. The zero-order chi connectivity index (χ0) is 10.4. The number of hydrogen-bond acceptors (Lipinski definition) is 2. The minimum atomic E-state index is -0.776. The van der Waals surface area contributed by atoms with Gasteiger partial charge in [-0.3, -0.25) is 4.79 Å². The van der Waals surface area contributed by atoms with Crippen LogP contribution in [0.2, 0.25) is 0 Å². The number of hydrogen-bond donors (Lipinski definition) is 1. The van der Waals surface area contributed by atoms with Gasteiger partial charge in [-0.15, -0.1) is 0 Å². The topological polar surface area (TPSA) is 54.4 Å². The Balaban J connectivity index is 3.95. The summed E-state index contributed by atoms with van der Waals surface area (Å²) in [7, 11) is 0. The Kier molecular flexibility index (Phi) is 5.35. The minimum absolute atomic E-state index is 0.126. The Bertz CT molecular complexity index is 185. The van der Waals surface area contributed by atoms with Crippen LogP contribution in [0.25, 0.3) is 0 Å². The van der Waals surface area contributed by atoms with Gasteiger partial charge in [0.1, 0.15) is 5.78 Å². The Morgan fingerprint density at radius 2 is 1.85 bits per heavy atom. The molecule has 76 valence electrons. The van der Waals surface area contributed by atoms with E-state index in [1.54, 1.807) is 0 Å².